The zero-order valence-electron chi connectivity index (χ0n) is 24.5. The Bertz CT molecular complexity index is 1490. The summed E-state index contributed by atoms with van der Waals surface area (Å²) in [6.07, 6.45) is 9.04. The Balaban J connectivity index is 1.31. The third-order valence-corrected chi connectivity index (χ3v) is 8.18. The van der Waals surface area contributed by atoms with E-state index < -0.39 is 10.8 Å². The van der Waals surface area contributed by atoms with Gasteiger partial charge in [0, 0.05) is 36.0 Å². The summed E-state index contributed by atoms with van der Waals surface area (Å²) in [5.74, 6) is 0.971. The first kappa shape index (κ1) is 30.9. The molecule has 0 saturated carbocycles. The molecule has 0 bridgehead atoms. The molecule has 1 atom stereocenters. The van der Waals surface area contributed by atoms with Crippen molar-refractivity contribution in [2.45, 2.75) is 50.8 Å². The SMILES string of the molecule is CCCCOCCOc1ccc(-c2ccc(C)c(/C=C/C(=O)Nc3ccc([S@@](=O)Cc4cncn4CC)cc3)c2)cc1. The minimum Gasteiger partial charge on any atom is -0.491 e. The Morgan fingerprint density at radius 2 is 1.74 bits per heavy atom. The van der Waals surface area contributed by atoms with Gasteiger partial charge in [0.2, 0.25) is 5.91 Å². The van der Waals surface area contributed by atoms with Gasteiger partial charge in [-0.05, 0) is 91.1 Å². The topological polar surface area (TPSA) is 82.4 Å². The molecular formula is C34H39N3O4S. The Morgan fingerprint density at radius 1 is 0.976 bits per heavy atom. The van der Waals surface area contributed by atoms with Crippen molar-refractivity contribution in [3.05, 3.63) is 102 Å². The standard InChI is InChI=1S/C34H39N3O4S/c1-4-6-19-40-20-21-41-32-14-9-27(10-15-32)29-8-7-26(3)28(22-29)11-18-34(38)36-30-12-16-33(17-13-30)42(39)24-31-23-35-25-37(31)5-2/h7-18,22-23,25H,4-6,19-21,24H2,1-3H3,(H,36,38)/b18-11+/t42-/m0/s1. The molecule has 0 spiro atoms. The molecule has 0 saturated heterocycles. The van der Waals surface area contributed by atoms with Crippen molar-refractivity contribution < 1.29 is 18.5 Å². The molecule has 4 rings (SSSR count). The van der Waals surface area contributed by atoms with Gasteiger partial charge in [-0.25, -0.2) is 4.98 Å². The average molecular weight is 586 g/mol. The number of rotatable bonds is 15. The smallest absolute Gasteiger partial charge is 0.248 e. The second-order valence-electron chi connectivity index (χ2n) is 9.92. The Labute approximate surface area is 251 Å². The molecule has 1 amide bonds. The van der Waals surface area contributed by atoms with Crippen LogP contribution >= 0.6 is 0 Å². The van der Waals surface area contributed by atoms with Crippen molar-refractivity contribution in [2.24, 2.45) is 0 Å². The predicted molar refractivity (Wildman–Crippen MR) is 170 cm³/mol. The third kappa shape index (κ3) is 8.99. The van der Waals surface area contributed by atoms with Crippen molar-refractivity contribution in [3.8, 4) is 16.9 Å². The molecular weight excluding hydrogens is 546 g/mol. The number of ether oxygens (including phenoxy) is 2. The summed E-state index contributed by atoms with van der Waals surface area (Å²) in [6.45, 7) is 8.87. The summed E-state index contributed by atoms with van der Waals surface area (Å²) in [5.41, 5.74) is 5.73. The number of aryl methyl sites for hydroxylation is 2. The maximum atomic E-state index is 12.8. The van der Waals surface area contributed by atoms with Gasteiger partial charge in [0.15, 0.2) is 0 Å². The van der Waals surface area contributed by atoms with Gasteiger partial charge in [0.1, 0.15) is 12.4 Å². The molecule has 220 valence electrons. The molecule has 1 N–H and O–H groups in total. The number of nitrogens with zero attached hydrogens (tertiary/aromatic N) is 2. The fourth-order valence-corrected chi connectivity index (χ4v) is 5.44. The van der Waals surface area contributed by atoms with Crippen LogP contribution in [-0.2, 0) is 32.6 Å². The quantitative estimate of drug-likeness (QED) is 0.120. The van der Waals surface area contributed by atoms with Crippen LogP contribution in [0.2, 0.25) is 0 Å². The van der Waals surface area contributed by atoms with Gasteiger partial charge in [-0.15, -0.1) is 0 Å². The lowest BCUT2D eigenvalue weighted by atomic mass is 9.99. The number of carbonyl (C=O) groups excluding carboxylic acids is 1. The molecule has 0 radical (unpaired) electrons. The van der Waals surface area contributed by atoms with E-state index in [4.69, 9.17) is 9.47 Å². The molecule has 1 aromatic heterocycles. The van der Waals surface area contributed by atoms with E-state index in [1.807, 2.05) is 48.8 Å². The highest BCUT2D eigenvalue weighted by atomic mass is 32.2. The van der Waals surface area contributed by atoms with Crippen LogP contribution in [0.4, 0.5) is 5.69 Å². The summed E-state index contributed by atoms with van der Waals surface area (Å²) in [6, 6.07) is 21.3. The van der Waals surface area contributed by atoms with Gasteiger partial charge >= 0.3 is 0 Å². The highest BCUT2D eigenvalue weighted by Crippen LogP contribution is 2.25. The number of nitrogens with one attached hydrogen (secondary N) is 1. The first-order valence-corrected chi connectivity index (χ1v) is 15.7. The number of hydrogen-bond donors (Lipinski definition) is 1. The van der Waals surface area contributed by atoms with Gasteiger partial charge in [0.05, 0.1) is 35.2 Å². The largest absolute Gasteiger partial charge is 0.491 e. The number of amides is 1. The van der Waals surface area contributed by atoms with Crippen LogP contribution < -0.4 is 10.1 Å². The second-order valence-corrected chi connectivity index (χ2v) is 11.4. The van der Waals surface area contributed by atoms with E-state index in [2.05, 4.69) is 35.4 Å². The number of anilines is 1. The van der Waals surface area contributed by atoms with Crippen LogP contribution in [-0.4, -0.2) is 39.5 Å². The molecule has 0 aliphatic carbocycles. The lowest BCUT2D eigenvalue weighted by molar-refractivity contribution is -0.111. The van der Waals surface area contributed by atoms with Crippen LogP contribution in [0.1, 0.15) is 43.5 Å². The van der Waals surface area contributed by atoms with E-state index >= 15 is 0 Å². The van der Waals surface area contributed by atoms with Gasteiger partial charge in [-0.1, -0.05) is 37.6 Å². The molecule has 8 heteroatoms. The third-order valence-electron chi connectivity index (χ3n) is 6.82. The van der Waals surface area contributed by atoms with Crippen molar-refractivity contribution in [1.82, 2.24) is 9.55 Å². The minimum atomic E-state index is -1.20. The Hall–Kier alpha value is -4.01. The molecule has 0 unspecified atom stereocenters. The van der Waals surface area contributed by atoms with E-state index in [0.29, 0.717) is 29.5 Å². The fraction of sp³-hybridized carbons (Fsp3) is 0.294. The van der Waals surface area contributed by atoms with E-state index in [1.165, 1.54) is 6.08 Å². The summed E-state index contributed by atoms with van der Waals surface area (Å²) in [4.78, 5) is 17.5. The van der Waals surface area contributed by atoms with Gasteiger partial charge in [-0.3, -0.25) is 9.00 Å². The lowest BCUT2D eigenvalue weighted by Gasteiger charge is -2.09. The van der Waals surface area contributed by atoms with Gasteiger partial charge < -0.3 is 19.4 Å². The van der Waals surface area contributed by atoms with E-state index in [0.717, 1.165) is 59.7 Å². The maximum Gasteiger partial charge on any atom is 0.248 e. The number of hydrogen-bond acceptors (Lipinski definition) is 5. The normalized spacial score (nSPS) is 12.0. The highest BCUT2D eigenvalue weighted by Gasteiger charge is 2.10. The molecule has 42 heavy (non-hydrogen) atoms. The maximum absolute atomic E-state index is 12.8. The lowest BCUT2D eigenvalue weighted by Crippen LogP contribution is -2.08. The molecule has 0 fully saturated rings. The summed E-state index contributed by atoms with van der Waals surface area (Å²) in [7, 11) is -1.20. The second kappa shape index (κ2) is 15.8. The van der Waals surface area contributed by atoms with Crippen molar-refractivity contribution in [3.63, 3.8) is 0 Å². The fourth-order valence-electron chi connectivity index (χ4n) is 4.32. The predicted octanol–water partition coefficient (Wildman–Crippen LogP) is 7.03. The van der Waals surface area contributed by atoms with Gasteiger partial charge in [0.25, 0.3) is 0 Å². The van der Waals surface area contributed by atoms with Crippen LogP contribution in [0.15, 0.2) is 90.2 Å². The first-order valence-electron chi connectivity index (χ1n) is 14.3. The zero-order chi connectivity index (χ0) is 29.7. The summed E-state index contributed by atoms with van der Waals surface area (Å²) < 4.78 is 26.1. The molecule has 3 aromatic carbocycles. The molecule has 0 aliphatic rings. The zero-order valence-corrected chi connectivity index (χ0v) is 25.4. The molecule has 1 heterocycles. The van der Waals surface area contributed by atoms with Crippen molar-refractivity contribution in [2.75, 3.05) is 25.1 Å². The number of carbonyl (C=O) groups is 1. The number of unbranched alkanes of at least 4 members (excludes halogenated alkanes) is 1. The molecule has 7 nitrogen and oxygen atoms in total. The number of benzene rings is 3. The van der Waals surface area contributed by atoms with Crippen molar-refractivity contribution >= 4 is 28.5 Å². The van der Waals surface area contributed by atoms with Crippen LogP contribution in [0.3, 0.4) is 0 Å². The van der Waals surface area contributed by atoms with Crippen LogP contribution in [0.25, 0.3) is 17.2 Å². The number of aromatic nitrogens is 2. The molecule has 0 aliphatic heterocycles. The monoisotopic (exact) mass is 585 g/mol. The number of imidazole rings is 1. The minimum absolute atomic E-state index is 0.235. The summed E-state index contributed by atoms with van der Waals surface area (Å²) in [5, 5.41) is 2.88. The van der Waals surface area contributed by atoms with Gasteiger partial charge in [-0.2, -0.15) is 0 Å². The Kier molecular flexibility index (Phi) is 11.7. The van der Waals surface area contributed by atoms with Crippen molar-refractivity contribution in [1.29, 1.82) is 0 Å². The highest BCUT2D eigenvalue weighted by molar-refractivity contribution is 7.84. The summed E-state index contributed by atoms with van der Waals surface area (Å²) >= 11 is 0. The van der Waals surface area contributed by atoms with Crippen LogP contribution in [0.5, 0.6) is 5.75 Å². The Morgan fingerprint density at radius 3 is 2.48 bits per heavy atom. The first-order chi connectivity index (χ1) is 20.5. The van der Waals surface area contributed by atoms with Crippen LogP contribution in [0, 0.1) is 6.92 Å². The van der Waals surface area contributed by atoms with E-state index in [-0.39, 0.29) is 5.91 Å². The van der Waals surface area contributed by atoms with E-state index in [1.54, 1.807) is 36.8 Å². The average Bonchev–Trinajstić information content (AvgIpc) is 3.46. The molecule has 4 aromatic rings. The van der Waals surface area contributed by atoms with E-state index in [9.17, 15) is 9.00 Å².